The Hall–Kier alpha value is -3.19. The van der Waals surface area contributed by atoms with Crippen molar-refractivity contribution in [2.75, 3.05) is 5.32 Å². The molecule has 4 rings (SSSR count). The first-order chi connectivity index (χ1) is 13.8. The van der Waals surface area contributed by atoms with Crippen LogP contribution in [0, 0.1) is 13.8 Å². The number of aryl methyl sites for hydroxylation is 2. The molecule has 1 aromatic carbocycles. The highest BCUT2D eigenvalue weighted by Crippen LogP contribution is 2.26. The third kappa shape index (κ3) is 3.61. The van der Waals surface area contributed by atoms with Gasteiger partial charge in [-0.25, -0.2) is 9.97 Å². The minimum Gasteiger partial charge on any atom is -0.347 e. The fourth-order valence-corrected chi connectivity index (χ4v) is 3.68. The summed E-state index contributed by atoms with van der Waals surface area (Å²) in [7, 11) is 1.91. The average Bonchev–Trinajstić information content (AvgIpc) is 2.93. The molecule has 0 radical (unpaired) electrons. The summed E-state index contributed by atoms with van der Waals surface area (Å²) in [5, 5.41) is 9.18. The van der Waals surface area contributed by atoms with Crippen LogP contribution in [-0.4, -0.2) is 24.7 Å². The number of hydrogen-bond acceptors (Lipinski definition) is 5. The van der Waals surface area contributed by atoms with E-state index in [2.05, 4.69) is 25.4 Å². The fraction of sp³-hybridized carbons (Fsp3) is 0.238. The molecule has 3 aromatic heterocycles. The van der Waals surface area contributed by atoms with Crippen LogP contribution in [0.2, 0.25) is 5.02 Å². The monoisotopic (exact) mass is 408 g/mol. The van der Waals surface area contributed by atoms with E-state index in [4.69, 9.17) is 11.6 Å². The Labute approximate surface area is 172 Å². The van der Waals surface area contributed by atoms with Gasteiger partial charge in [-0.3, -0.25) is 9.48 Å². The van der Waals surface area contributed by atoms with Crippen LogP contribution in [0.1, 0.15) is 29.9 Å². The molecule has 0 aliphatic heterocycles. The number of hydrogen-bond donors (Lipinski definition) is 2. The van der Waals surface area contributed by atoms with E-state index >= 15 is 0 Å². The van der Waals surface area contributed by atoms with E-state index in [0.717, 1.165) is 33.5 Å². The summed E-state index contributed by atoms with van der Waals surface area (Å²) < 4.78 is 1.84. The van der Waals surface area contributed by atoms with Crippen molar-refractivity contribution < 1.29 is 0 Å². The number of pyridine rings is 1. The molecule has 148 valence electrons. The van der Waals surface area contributed by atoms with E-state index in [-0.39, 0.29) is 11.6 Å². The van der Waals surface area contributed by atoms with E-state index in [1.807, 2.05) is 50.7 Å². The predicted molar refractivity (Wildman–Crippen MR) is 115 cm³/mol. The lowest BCUT2D eigenvalue weighted by molar-refractivity contribution is 0.731. The Morgan fingerprint density at radius 2 is 2.00 bits per heavy atom. The van der Waals surface area contributed by atoms with E-state index in [0.29, 0.717) is 16.5 Å². The number of fused-ring (bicyclic) bond motifs is 1. The minimum atomic E-state index is -0.298. The molecular weight excluding hydrogens is 388 g/mol. The Morgan fingerprint density at radius 3 is 2.72 bits per heavy atom. The highest BCUT2D eigenvalue weighted by molar-refractivity contribution is 6.31. The number of nitrogens with zero attached hydrogens (tertiary/aromatic N) is 4. The molecule has 29 heavy (non-hydrogen) atoms. The molecule has 0 aliphatic carbocycles. The average molecular weight is 409 g/mol. The van der Waals surface area contributed by atoms with E-state index in [1.54, 1.807) is 18.3 Å². The number of anilines is 1. The molecular formula is C21H21ClN6O. The van der Waals surface area contributed by atoms with E-state index < -0.39 is 0 Å². The van der Waals surface area contributed by atoms with Gasteiger partial charge in [-0.15, -0.1) is 0 Å². The molecule has 0 saturated heterocycles. The number of aromatic nitrogens is 5. The lowest BCUT2D eigenvalue weighted by Crippen LogP contribution is -2.20. The molecule has 3 heterocycles. The summed E-state index contributed by atoms with van der Waals surface area (Å²) in [4.78, 5) is 24.4. The number of aromatic amines is 1. The highest BCUT2D eigenvalue weighted by Gasteiger charge is 2.16. The number of halogens is 1. The maximum Gasteiger partial charge on any atom is 0.253 e. The van der Waals surface area contributed by atoms with Crippen LogP contribution in [0.15, 0.2) is 41.3 Å². The van der Waals surface area contributed by atoms with Crippen LogP contribution >= 0.6 is 11.6 Å². The Balaban J connectivity index is 1.67. The second-order valence-electron chi connectivity index (χ2n) is 7.09. The van der Waals surface area contributed by atoms with Crippen molar-refractivity contribution in [3.05, 3.63) is 68.9 Å². The number of benzene rings is 1. The molecule has 0 aliphatic rings. The van der Waals surface area contributed by atoms with Crippen molar-refractivity contribution in [3.63, 3.8) is 0 Å². The lowest BCUT2D eigenvalue weighted by atomic mass is 10.1. The van der Waals surface area contributed by atoms with Crippen LogP contribution in [0.5, 0.6) is 0 Å². The summed E-state index contributed by atoms with van der Waals surface area (Å²) in [6, 6.07) is 8.78. The molecule has 0 fully saturated rings. The zero-order valence-electron chi connectivity index (χ0n) is 16.6. The Kier molecular flexibility index (Phi) is 4.84. The molecule has 2 N–H and O–H groups in total. The Bertz CT molecular complexity index is 1280. The van der Waals surface area contributed by atoms with Gasteiger partial charge in [0.1, 0.15) is 0 Å². The van der Waals surface area contributed by atoms with Gasteiger partial charge in [-0.05, 0) is 51.1 Å². The smallest absolute Gasteiger partial charge is 0.253 e. The fourth-order valence-electron chi connectivity index (χ4n) is 3.50. The third-order valence-electron chi connectivity index (χ3n) is 5.07. The van der Waals surface area contributed by atoms with Crippen molar-refractivity contribution >= 4 is 28.5 Å². The van der Waals surface area contributed by atoms with Crippen LogP contribution in [0.4, 0.5) is 5.95 Å². The van der Waals surface area contributed by atoms with Crippen molar-refractivity contribution in [2.24, 2.45) is 7.05 Å². The highest BCUT2D eigenvalue weighted by atomic mass is 35.5. The second kappa shape index (κ2) is 7.33. The molecule has 0 spiro atoms. The van der Waals surface area contributed by atoms with Crippen molar-refractivity contribution in [1.29, 1.82) is 0 Å². The molecule has 8 heteroatoms. The predicted octanol–water partition coefficient (Wildman–Crippen LogP) is 4.16. The maximum atomic E-state index is 12.5. The number of rotatable bonds is 4. The number of nitrogens with one attached hydrogen (secondary N) is 2. The molecule has 7 nitrogen and oxygen atoms in total. The van der Waals surface area contributed by atoms with Crippen molar-refractivity contribution in [2.45, 2.75) is 26.8 Å². The van der Waals surface area contributed by atoms with Crippen LogP contribution < -0.4 is 10.9 Å². The number of H-pyrrole nitrogens is 1. The van der Waals surface area contributed by atoms with Crippen LogP contribution in [0.3, 0.4) is 0 Å². The maximum absolute atomic E-state index is 12.5. The summed E-state index contributed by atoms with van der Waals surface area (Å²) in [6.45, 7) is 5.87. The first-order valence-electron chi connectivity index (χ1n) is 9.26. The van der Waals surface area contributed by atoms with Crippen LogP contribution in [0.25, 0.3) is 22.2 Å². The SMILES string of the molecule is Cc1nn(C)c(C)c1-c1ccnc(NC(C)c2cc3cc(Cl)ccc3[nH]c2=O)n1. The van der Waals surface area contributed by atoms with Gasteiger partial charge in [0.05, 0.1) is 17.4 Å². The lowest BCUT2D eigenvalue weighted by Gasteiger charge is -2.15. The summed E-state index contributed by atoms with van der Waals surface area (Å²) in [5.41, 5.74) is 4.89. The molecule has 0 bridgehead atoms. The molecule has 0 amide bonds. The Morgan fingerprint density at radius 1 is 1.21 bits per heavy atom. The molecule has 1 unspecified atom stereocenters. The standard InChI is InChI=1S/C21H21ClN6O/c1-11(16-10-14-9-15(22)5-6-17(14)25-20(16)29)24-21-23-8-7-18(26-21)19-12(2)27-28(4)13(19)3/h5-11H,1-4H3,(H,25,29)(H,23,24,26). The minimum absolute atomic E-state index is 0.157. The van der Waals surface area contributed by atoms with E-state index in [9.17, 15) is 4.79 Å². The third-order valence-corrected chi connectivity index (χ3v) is 5.30. The zero-order chi connectivity index (χ0) is 20.7. The van der Waals surface area contributed by atoms with Gasteiger partial charge in [0.25, 0.3) is 5.56 Å². The van der Waals surface area contributed by atoms with Gasteiger partial charge >= 0.3 is 0 Å². The van der Waals surface area contributed by atoms with Gasteiger partial charge in [0.2, 0.25) is 5.95 Å². The largest absolute Gasteiger partial charge is 0.347 e. The first-order valence-corrected chi connectivity index (χ1v) is 9.64. The van der Waals surface area contributed by atoms with E-state index in [1.165, 1.54) is 0 Å². The van der Waals surface area contributed by atoms with Gasteiger partial charge in [-0.1, -0.05) is 11.6 Å². The molecule has 0 saturated carbocycles. The summed E-state index contributed by atoms with van der Waals surface area (Å²) >= 11 is 6.09. The van der Waals surface area contributed by atoms with Gasteiger partial charge in [0, 0.05) is 46.0 Å². The normalized spacial score (nSPS) is 12.3. The summed E-state index contributed by atoms with van der Waals surface area (Å²) in [5.74, 6) is 0.447. The van der Waals surface area contributed by atoms with Crippen molar-refractivity contribution in [1.82, 2.24) is 24.7 Å². The van der Waals surface area contributed by atoms with Gasteiger partial charge in [0.15, 0.2) is 0 Å². The zero-order valence-corrected chi connectivity index (χ0v) is 17.4. The first kappa shape index (κ1) is 19.1. The van der Waals surface area contributed by atoms with Gasteiger partial charge in [-0.2, -0.15) is 5.10 Å². The molecule has 4 aromatic rings. The van der Waals surface area contributed by atoms with Crippen molar-refractivity contribution in [3.8, 4) is 11.3 Å². The topological polar surface area (TPSA) is 88.5 Å². The molecule has 1 atom stereocenters. The summed E-state index contributed by atoms with van der Waals surface area (Å²) in [6.07, 6.45) is 1.70. The second-order valence-corrected chi connectivity index (χ2v) is 7.52. The van der Waals surface area contributed by atoms with Gasteiger partial charge < -0.3 is 10.3 Å². The quantitative estimate of drug-likeness (QED) is 0.529. The van der Waals surface area contributed by atoms with Crippen LogP contribution in [-0.2, 0) is 7.05 Å².